The van der Waals surface area contributed by atoms with Crippen molar-refractivity contribution in [3.8, 4) is 39.5 Å². The minimum absolute atomic E-state index is 0.653. The van der Waals surface area contributed by atoms with Gasteiger partial charge in [-0.2, -0.15) is 5.10 Å². The van der Waals surface area contributed by atoms with Gasteiger partial charge in [-0.05, 0) is 50.2 Å². The van der Waals surface area contributed by atoms with E-state index in [2.05, 4.69) is 46.1 Å². The summed E-state index contributed by atoms with van der Waals surface area (Å²) in [5.74, 6) is 0.752. The van der Waals surface area contributed by atoms with Crippen LogP contribution < -0.4 is 4.74 Å². The number of rotatable bonds is 7. The lowest BCUT2D eigenvalue weighted by atomic mass is 10.1. The number of hydrogen-bond donors (Lipinski definition) is 2. The summed E-state index contributed by atoms with van der Waals surface area (Å²) in [4.78, 5) is 23.7. The van der Waals surface area contributed by atoms with E-state index in [1.54, 1.807) is 12.4 Å². The first-order chi connectivity index (χ1) is 18.8. The van der Waals surface area contributed by atoms with Crippen LogP contribution in [0.3, 0.4) is 0 Å². The van der Waals surface area contributed by atoms with E-state index in [0.29, 0.717) is 6.61 Å². The largest absolute Gasteiger partial charge is 0.491 e. The molecule has 0 bridgehead atoms. The third-order valence-corrected chi connectivity index (χ3v) is 7.10. The normalized spacial score (nSPS) is 14.0. The number of hydrogen-bond acceptors (Lipinski definition) is 7. The predicted molar refractivity (Wildman–Crippen MR) is 147 cm³/mol. The Labute approximate surface area is 219 Å². The molecule has 9 nitrogen and oxygen atoms in total. The van der Waals surface area contributed by atoms with E-state index in [1.165, 1.54) is 12.8 Å². The van der Waals surface area contributed by atoms with Crippen molar-refractivity contribution in [2.24, 2.45) is 0 Å². The summed E-state index contributed by atoms with van der Waals surface area (Å²) in [6, 6.07) is 10.1. The molecule has 0 spiro atoms. The third-order valence-electron chi connectivity index (χ3n) is 7.10. The zero-order valence-electron chi connectivity index (χ0n) is 20.8. The van der Waals surface area contributed by atoms with Crippen LogP contribution in [0.2, 0.25) is 0 Å². The van der Waals surface area contributed by atoms with Gasteiger partial charge in [-0.15, -0.1) is 0 Å². The summed E-state index contributed by atoms with van der Waals surface area (Å²) in [7, 11) is 0. The van der Waals surface area contributed by atoms with Gasteiger partial charge in [0.25, 0.3) is 0 Å². The molecule has 7 rings (SSSR count). The topological polar surface area (TPSA) is 108 Å². The average molecular weight is 503 g/mol. The second-order valence-corrected chi connectivity index (χ2v) is 9.57. The smallest absolute Gasteiger partial charge is 0.138 e. The predicted octanol–water partition coefficient (Wildman–Crippen LogP) is 5.10. The Kier molecular flexibility index (Phi) is 5.75. The molecule has 0 unspecified atom stereocenters. The minimum Gasteiger partial charge on any atom is -0.491 e. The van der Waals surface area contributed by atoms with Crippen molar-refractivity contribution in [2.75, 3.05) is 26.2 Å². The molecule has 0 aromatic carbocycles. The number of aromatic amines is 2. The van der Waals surface area contributed by atoms with Crippen LogP contribution in [0.5, 0.6) is 5.75 Å². The highest BCUT2D eigenvalue weighted by atomic mass is 16.5. The first-order valence-corrected chi connectivity index (χ1v) is 12.8. The molecule has 1 saturated heterocycles. The monoisotopic (exact) mass is 502 g/mol. The molecule has 6 aromatic heterocycles. The zero-order valence-corrected chi connectivity index (χ0v) is 20.8. The van der Waals surface area contributed by atoms with E-state index in [-0.39, 0.29) is 0 Å². The van der Waals surface area contributed by atoms with Crippen molar-refractivity contribution in [2.45, 2.75) is 12.8 Å². The summed E-state index contributed by atoms with van der Waals surface area (Å²) >= 11 is 0. The minimum atomic E-state index is 0.653. The first-order valence-electron chi connectivity index (χ1n) is 12.8. The first kappa shape index (κ1) is 22.6. The zero-order chi connectivity index (χ0) is 25.3. The van der Waals surface area contributed by atoms with Crippen LogP contribution in [0.1, 0.15) is 12.8 Å². The molecule has 0 radical (unpaired) electrons. The lowest BCUT2D eigenvalue weighted by Crippen LogP contribution is -2.25. The van der Waals surface area contributed by atoms with Gasteiger partial charge in [0.05, 0.1) is 41.0 Å². The molecule has 1 aliphatic rings. The van der Waals surface area contributed by atoms with E-state index in [9.17, 15) is 0 Å². The number of nitrogens with one attached hydrogen (secondary N) is 2. The number of ether oxygens (including phenoxy) is 1. The molecular formula is C29H26N8O. The molecule has 0 saturated carbocycles. The maximum Gasteiger partial charge on any atom is 0.138 e. The number of likely N-dealkylation sites (tertiary alicyclic amines) is 1. The molecule has 0 amide bonds. The van der Waals surface area contributed by atoms with Crippen molar-refractivity contribution >= 4 is 21.8 Å². The fraction of sp³-hybridized carbons (Fsp3) is 0.207. The van der Waals surface area contributed by atoms with E-state index in [4.69, 9.17) is 4.74 Å². The van der Waals surface area contributed by atoms with Gasteiger partial charge in [-0.1, -0.05) is 6.07 Å². The van der Waals surface area contributed by atoms with E-state index < -0.39 is 0 Å². The van der Waals surface area contributed by atoms with Gasteiger partial charge in [0.15, 0.2) is 0 Å². The van der Waals surface area contributed by atoms with Crippen LogP contribution in [-0.4, -0.2) is 66.3 Å². The second-order valence-electron chi connectivity index (χ2n) is 9.57. The highest BCUT2D eigenvalue weighted by molar-refractivity contribution is 6.00. The summed E-state index contributed by atoms with van der Waals surface area (Å²) in [5, 5.41) is 9.77. The number of fused-ring (bicyclic) bond motifs is 2. The van der Waals surface area contributed by atoms with Gasteiger partial charge >= 0.3 is 0 Å². The van der Waals surface area contributed by atoms with Crippen LogP contribution in [-0.2, 0) is 0 Å². The van der Waals surface area contributed by atoms with Crippen molar-refractivity contribution < 1.29 is 4.74 Å². The maximum absolute atomic E-state index is 6.01. The molecule has 38 heavy (non-hydrogen) atoms. The van der Waals surface area contributed by atoms with Gasteiger partial charge < -0.3 is 9.72 Å². The van der Waals surface area contributed by atoms with Gasteiger partial charge in [0, 0.05) is 58.8 Å². The fourth-order valence-electron chi connectivity index (χ4n) is 5.15. The SMILES string of the molecule is c1cncc(-c2cncc3[nH]c(-c4n[nH]c5cnc(-c6cncc(OCCN7CCCC7)c6)cc45)cc23)c1. The van der Waals surface area contributed by atoms with Crippen molar-refractivity contribution in [1.82, 2.24) is 40.0 Å². The summed E-state index contributed by atoms with van der Waals surface area (Å²) < 4.78 is 6.01. The number of H-pyrrole nitrogens is 2. The van der Waals surface area contributed by atoms with E-state index in [0.717, 1.165) is 81.0 Å². The Morgan fingerprint density at radius 3 is 2.63 bits per heavy atom. The van der Waals surface area contributed by atoms with Crippen LogP contribution >= 0.6 is 0 Å². The molecule has 188 valence electrons. The molecule has 9 heteroatoms. The van der Waals surface area contributed by atoms with Gasteiger partial charge in [0.2, 0.25) is 0 Å². The Balaban J connectivity index is 1.20. The number of pyridine rings is 4. The lowest BCUT2D eigenvalue weighted by molar-refractivity contribution is 0.237. The van der Waals surface area contributed by atoms with Gasteiger partial charge in [-0.3, -0.25) is 29.9 Å². The van der Waals surface area contributed by atoms with E-state index in [1.807, 2.05) is 55.2 Å². The summed E-state index contributed by atoms with van der Waals surface area (Å²) in [5.41, 5.74) is 7.27. The van der Waals surface area contributed by atoms with Crippen molar-refractivity contribution in [1.29, 1.82) is 0 Å². The van der Waals surface area contributed by atoms with E-state index >= 15 is 0 Å². The quantitative estimate of drug-likeness (QED) is 0.313. The molecule has 1 fully saturated rings. The molecule has 0 aliphatic carbocycles. The second kappa shape index (κ2) is 9.68. The number of nitrogens with zero attached hydrogens (tertiary/aromatic N) is 6. The van der Waals surface area contributed by atoms with Crippen LogP contribution in [0.25, 0.3) is 55.6 Å². The Morgan fingerprint density at radius 2 is 1.74 bits per heavy atom. The highest BCUT2D eigenvalue weighted by Crippen LogP contribution is 2.34. The Bertz CT molecular complexity index is 1720. The fourth-order valence-corrected chi connectivity index (χ4v) is 5.15. The van der Waals surface area contributed by atoms with Crippen molar-refractivity contribution in [3.05, 3.63) is 73.7 Å². The van der Waals surface area contributed by atoms with Crippen LogP contribution in [0, 0.1) is 0 Å². The molecule has 2 N–H and O–H groups in total. The Morgan fingerprint density at radius 1 is 0.842 bits per heavy atom. The van der Waals surface area contributed by atoms with Crippen LogP contribution in [0.4, 0.5) is 0 Å². The van der Waals surface area contributed by atoms with Crippen molar-refractivity contribution in [3.63, 3.8) is 0 Å². The third kappa shape index (κ3) is 4.26. The molecular weight excluding hydrogens is 476 g/mol. The van der Waals surface area contributed by atoms with Crippen LogP contribution in [0.15, 0.2) is 73.7 Å². The summed E-state index contributed by atoms with van der Waals surface area (Å²) in [6.07, 6.45) is 15.3. The van der Waals surface area contributed by atoms with Gasteiger partial charge in [-0.25, -0.2) is 0 Å². The Hall–Kier alpha value is -4.63. The molecule has 1 aliphatic heterocycles. The summed E-state index contributed by atoms with van der Waals surface area (Å²) in [6.45, 7) is 3.92. The lowest BCUT2D eigenvalue weighted by Gasteiger charge is -2.15. The average Bonchev–Trinajstić information content (AvgIpc) is 3.73. The maximum atomic E-state index is 6.01. The molecule has 0 atom stereocenters. The number of aromatic nitrogens is 7. The standard InChI is InChI=1S/C29H26N8O/c1-2-7-37(6-1)8-9-38-21-10-20(14-31-15-21)25-12-23-28(18-33-25)35-36-29(23)26-11-22-24(16-32-17-27(22)34-26)19-4-3-5-30-13-19/h3-5,10-18,34H,1-2,6-9H2,(H,35,36). The molecule has 6 aromatic rings. The van der Waals surface area contributed by atoms with Gasteiger partial charge in [0.1, 0.15) is 18.1 Å². The molecule has 7 heterocycles. The highest BCUT2D eigenvalue weighted by Gasteiger charge is 2.16.